The van der Waals surface area contributed by atoms with E-state index in [1.54, 1.807) is 19.1 Å². The van der Waals surface area contributed by atoms with Gasteiger partial charge in [0.05, 0.1) is 29.8 Å². The highest BCUT2D eigenvalue weighted by Gasteiger charge is 2.33. The Morgan fingerprint density at radius 1 is 0.903 bits per heavy atom. The van der Waals surface area contributed by atoms with Gasteiger partial charge in [0.1, 0.15) is 0 Å². The van der Waals surface area contributed by atoms with Crippen LogP contribution >= 0.6 is 0 Å². The molecule has 0 bridgehead atoms. The quantitative estimate of drug-likeness (QED) is 0.444. The molecule has 0 amide bonds. The Morgan fingerprint density at radius 3 is 2.19 bits per heavy atom. The molecule has 3 aromatic rings. The molecule has 8 heteroatoms. The minimum Gasteiger partial charge on any atom is -0.375 e. The molecule has 0 saturated carbocycles. The van der Waals surface area contributed by atoms with Crippen molar-refractivity contribution in [2.75, 3.05) is 10.9 Å². The second-order valence-electron chi connectivity index (χ2n) is 7.16. The maximum absolute atomic E-state index is 14.6. The van der Waals surface area contributed by atoms with Crippen molar-refractivity contribution >= 4 is 15.7 Å². The number of aryl methyl sites for hydroxylation is 1. The summed E-state index contributed by atoms with van der Waals surface area (Å²) < 4.78 is 75.1. The summed E-state index contributed by atoms with van der Waals surface area (Å²) >= 11 is 0. The molecule has 0 aliphatic rings. The van der Waals surface area contributed by atoms with E-state index in [9.17, 15) is 21.6 Å². The third-order valence-corrected chi connectivity index (χ3v) is 6.64. The number of hydrogen-bond donors (Lipinski definition) is 0. The minimum absolute atomic E-state index is 0.0988. The molecule has 3 aromatic carbocycles. The first-order chi connectivity index (χ1) is 14.7. The van der Waals surface area contributed by atoms with Crippen LogP contribution in [0.2, 0.25) is 0 Å². The molecule has 1 atom stereocenters. The van der Waals surface area contributed by atoms with Gasteiger partial charge in [-0.1, -0.05) is 48.0 Å². The third-order valence-electron chi connectivity index (χ3n) is 4.70. The van der Waals surface area contributed by atoms with Gasteiger partial charge in [-0.05, 0) is 43.7 Å². The van der Waals surface area contributed by atoms with Gasteiger partial charge in [0, 0.05) is 0 Å². The largest absolute Gasteiger partial charge is 0.375 e. The Balaban J connectivity index is 1.96. The van der Waals surface area contributed by atoms with E-state index < -0.39 is 39.2 Å². The van der Waals surface area contributed by atoms with Crippen LogP contribution in [0.15, 0.2) is 71.6 Å². The molecule has 0 aromatic heterocycles. The number of rotatable bonds is 8. The fourth-order valence-corrected chi connectivity index (χ4v) is 4.74. The zero-order chi connectivity index (χ0) is 22.6. The SMILES string of the molecule is Cc1ccc(S(=O)(=O)N(c2ccc(F)c(F)c2F)[C@H](C)COCc2ccccc2)cc1. The summed E-state index contributed by atoms with van der Waals surface area (Å²) in [6.07, 6.45) is 0. The van der Waals surface area contributed by atoms with Crippen LogP contribution in [0.3, 0.4) is 0 Å². The lowest BCUT2D eigenvalue weighted by atomic mass is 10.2. The Labute approximate surface area is 180 Å². The van der Waals surface area contributed by atoms with Gasteiger partial charge >= 0.3 is 0 Å². The van der Waals surface area contributed by atoms with Crippen molar-refractivity contribution in [1.82, 2.24) is 0 Å². The molecule has 0 N–H and O–H groups in total. The number of nitrogens with zero attached hydrogens (tertiary/aromatic N) is 1. The van der Waals surface area contributed by atoms with E-state index in [0.29, 0.717) is 6.07 Å². The fraction of sp³-hybridized carbons (Fsp3) is 0.217. The molecule has 0 saturated heterocycles. The Kier molecular flexibility index (Phi) is 7.02. The topological polar surface area (TPSA) is 46.6 Å². The highest BCUT2D eigenvalue weighted by Crippen LogP contribution is 2.31. The number of ether oxygens (including phenoxy) is 1. The average Bonchev–Trinajstić information content (AvgIpc) is 2.75. The predicted molar refractivity (Wildman–Crippen MR) is 113 cm³/mol. The molecule has 0 fully saturated rings. The van der Waals surface area contributed by atoms with Crippen LogP contribution in [-0.4, -0.2) is 21.1 Å². The third kappa shape index (κ3) is 5.08. The molecule has 0 unspecified atom stereocenters. The van der Waals surface area contributed by atoms with Crippen LogP contribution in [0, 0.1) is 24.4 Å². The molecule has 0 radical (unpaired) electrons. The van der Waals surface area contributed by atoms with E-state index in [1.165, 1.54) is 19.1 Å². The van der Waals surface area contributed by atoms with Crippen LogP contribution in [0.1, 0.15) is 18.1 Å². The van der Waals surface area contributed by atoms with Crippen molar-refractivity contribution in [2.45, 2.75) is 31.4 Å². The van der Waals surface area contributed by atoms with Crippen LogP contribution in [0.4, 0.5) is 18.9 Å². The van der Waals surface area contributed by atoms with E-state index >= 15 is 0 Å². The lowest BCUT2D eigenvalue weighted by molar-refractivity contribution is 0.112. The zero-order valence-electron chi connectivity index (χ0n) is 17.1. The lowest BCUT2D eigenvalue weighted by Gasteiger charge is -2.31. The first kappa shape index (κ1) is 22.8. The van der Waals surface area contributed by atoms with Crippen molar-refractivity contribution in [2.24, 2.45) is 0 Å². The smallest absolute Gasteiger partial charge is 0.264 e. The number of hydrogen-bond acceptors (Lipinski definition) is 3. The first-order valence-electron chi connectivity index (χ1n) is 9.58. The molecule has 0 spiro atoms. The molecular weight excluding hydrogens is 427 g/mol. The summed E-state index contributed by atoms with van der Waals surface area (Å²) in [4.78, 5) is -0.0999. The molecule has 4 nitrogen and oxygen atoms in total. The molecule has 164 valence electrons. The van der Waals surface area contributed by atoms with E-state index in [2.05, 4.69) is 0 Å². The van der Waals surface area contributed by atoms with Gasteiger partial charge < -0.3 is 4.74 Å². The van der Waals surface area contributed by atoms with Gasteiger partial charge in [-0.2, -0.15) is 0 Å². The Bertz CT molecular complexity index is 1140. The molecule has 3 rings (SSSR count). The number of benzene rings is 3. The molecule has 31 heavy (non-hydrogen) atoms. The van der Waals surface area contributed by atoms with Crippen LogP contribution in [0.25, 0.3) is 0 Å². The highest BCUT2D eigenvalue weighted by molar-refractivity contribution is 7.92. The van der Waals surface area contributed by atoms with E-state index in [4.69, 9.17) is 4.74 Å². The number of sulfonamides is 1. The first-order valence-corrected chi connectivity index (χ1v) is 11.0. The standard InChI is InChI=1S/C23H22F3NO3S/c1-16-8-10-19(11-9-16)31(28,29)27(21-13-12-20(24)22(25)23(21)26)17(2)14-30-15-18-6-4-3-5-7-18/h3-13,17H,14-15H2,1-2H3/t17-/m1/s1. The average molecular weight is 449 g/mol. The monoisotopic (exact) mass is 449 g/mol. The summed E-state index contributed by atoms with van der Waals surface area (Å²) in [5, 5.41) is 0. The molecular formula is C23H22F3NO3S. The van der Waals surface area contributed by atoms with Crippen molar-refractivity contribution in [3.63, 3.8) is 0 Å². The van der Waals surface area contributed by atoms with E-state index in [0.717, 1.165) is 21.5 Å². The van der Waals surface area contributed by atoms with E-state index in [1.807, 2.05) is 30.3 Å². The summed E-state index contributed by atoms with van der Waals surface area (Å²) in [5.41, 5.74) is 1.13. The van der Waals surface area contributed by atoms with Gasteiger partial charge in [0.25, 0.3) is 10.0 Å². The van der Waals surface area contributed by atoms with Gasteiger partial charge in [0.15, 0.2) is 17.5 Å². The van der Waals surface area contributed by atoms with Crippen LogP contribution < -0.4 is 4.31 Å². The van der Waals surface area contributed by atoms with Gasteiger partial charge in [-0.15, -0.1) is 0 Å². The van der Waals surface area contributed by atoms with Crippen molar-refractivity contribution < 1.29 is 26.3 Å². The Morgan fingerprint density at radius 2 is 1.55 bits per heavy atom. The predicted octanol–water partition coefficient (Wildman–Crippen LogP) is 5.21. The van der Waals surface area contributed by atoms with E-state index in [-0.39, 0.29) is 18.1 Å². The summed E-state index contributed by atoms with van der Waals surface area (Å²) in [6, 6.07) is 15.9. The van der Waals surface area contributed by atoms with Crippen molar-refractivity contribution in [3.05, 3.63) is 95.3 Å². The van der Waals surface area contributed by atoms with Gasteiger partial charge in [-0.25, -0.2) is 21.6 Å². The highest BCUT2D eigenvalue weighted by atomic mass is 32.2. The van der Waals surface area contributed by atoms with Gasteiger partial charge in [-0.3, -0.25) is 4.31 Å². The second kappa shape index (κ2) is 9.53. The van der Waals surface area contributed by atoms with Gasteiger partial charge in [0.2, 0.25) is 0 Å². The normalized spacial score (nSPS) is 12.5. The van der Waals surface area contributed by atoms with Crippen molar-refractivity contribution in [1.29, 1.82) is 0 Å². The zero-order valence-corrected chi connectivity index (χ0v) is 17.9. The summed E-state index contributed by atoms with van der Waals surface area (Å²) in [5.74, 6) is -4.72. The second-order valence-corrected chi connectivity index (χ2v) is 8.97. The number of anilines is 1. The van der Waals surface area contributed by atoms with Crippen LogP contribution in [-0.2, 0) is 21.4 Å². The summed E-state index contributed by atoms with van der Waals surface area (Å²) in [7, 11) is -4.29. The maximum Gasteiger partial charge on any atom is 0.264 e. The molecule has 0 heterocycles. The van der Waals surface area contributed by atoms with Crippen molar-refractivity contribution in [3.8, 4) is 0 Å². The number of halogens is 3. The van der Waals surface area contributed by atoms with Crippen LogP contribution in [0.5, 0.6) is 0 Å². The fourth-order valence-electron chi connectivity index (χ4n) is 3.10. The Hall–Kier alpha value is -2.84. The minimum atomic E-state index is -4.29. The lowest BCUT2D eigenvalue weighted by Crippen LogP contribution is -2.42. The molecule has 0 aliphatic heterocycles. The summed E-state index contributed by atoms with van der Waals surface area (Å²) in [6.45, 7) is 3.42. The maximum atomic E-state index is 14.6. The molecule has 0 aliphatic carbocycles.